The maximum Gasteiger partial charge on any atom is 0.255 e. The number of nitrogens with one attached hydrogen (secondary N) is 2. The fourth-order valence-corrected chi connectivity index (χ4v) is 3.04. The minimum absolute atomic E-state index is 0.0691. The average Bonchev–Trinajstić information content (AvgIpc) is 2.63. The summed E-state index contributed by atoms with van der Waals surface area (Å²) in [7, 11) is 1.63. The van der Waals surface area contributed by atoms with Crippen LogP contribution in [0.25, 0.3) is 0 Å². The molecule has 3 rings (SSSR count). The number of hydrogen-bond donors (Lipinski definition) is 2. The first-order chi connectivity index (χ1) is 11.8. The van der Waals surface area contributed by atoms with E-state index >= 15 is 0 Å². The monoisotopic (exact) mass is 325 g/mol. The standard InChI is InChI=1S/C19H23N3O2/c1-24-16-10-5-9-15(13-16)21-18-17(11-6-12-20-18)19(23)22-14-7-3-2-4-8-14/h5-6,9-14H,2-4,7-8H2,1H3,(H,20,21)(H,22,23). The number of amides is 1. The predicted octanol–water partition coefficient (Wildman–Crippen LogP) is 3.90. The number of rotatable bonds is 5. The molecule has 1 aromatic heterocycles. The summed E-state index contributed by atoms with van der Waals surface area (Å²) in [5.74, 6) is 1.24. The molecule has 5 heteroatoms. The maximum absolute atomic E-state index is 12.6. The van der Waals surface area contributed by atoms with Crippen molar-refractivity contribution in [1.29, 1.82) is 0 Å². The highest BCUT2D eigenvalue weighted by Gasteiger charge is 2.19. The molecule has 0 bridgehead atoms. The van der Waals surface area contributed by atoms with E-state index in [1.54, 1.807) is 25.4 Å². The van der Waals surface area contributed by atoms with Crippen LogP contribution in [0.2, 0.25) is 0 Å². The van der Waals surface area contributed by atoms with Crippen molar-refractivity contribution in [2.75, 3.05) is 12.4 Å². The van der Waals surface area contributed by atoms with E-state index in [1.165, 1.54) is 19.3 Å². The van der Waals surface area contributed by atoms with Gasteiger partial charge in [-0.3, -0.25) is 4.79 Å². The van der Waals surface area contributed by atoms with Gasteiger partial charge < -0.3 is 15.4 Å². The van der Waals surface area contributed by atoms with Crippen molar-refractivity contribution < 1.29 is 9.53 Å². The zero-order chi connectivity index (χ0) is 16.8. The third-order valence-corrected chi connectivity index (χ3v) is 4.33. The number of carbonyl (C=O) groups is 1. The summed E-state index contributed by atoms with van der Waals surface area (Å²) >= 11 is 0. The summed E-state index contributed by atoms with van der Waals surface area (Å²) in [6.45, 7) is 0. The second-order valence-corrected chi connectivity index (χ2v) is 6.06. The van der Waals surface area contributed by atoms with Gasteiger partial charge in [0, 0.05) is 24.0 Å². The van der Waals surface area contributed by atoms with E-state index in [-0.39, 0.29) is 11.9 Å². The third-order valence-electron chi connectivity index (χ3n) is 4.33. The number of aromatic nitrogens is 1. The number of ether oxygens (including phenoxy) is 1. The summed E-state index contributed by atoms with van der Waals surface area (Å²) in [5.41, 5.74) is 1.39. The maximum atomic E-state index is 12.6. The van der Waals surface area contributed by atoms with Gasteiger partial charge >= 0.3 is 0 Å². The summed E-state index contributed by atoms with van der Waals surface area (Å²) in [6.07, 6.45) is 7.44. The van der Waals surface area contributed by atoms with Crippen LogP contribution in [-0.4, -0.2) is 24.0 Å². The Morgan fingerprint density at radius 3 is 2.79 bits per heavy atom. The van der Waals surface area contributed by atoms with Crippen molar-refractivity contribution in [3.05, 3.63) is 48.2 Å². The molecule has 1 saturated carbocycles. The molecule has 1 aromatic carbocycles. The third kappa shape index (κ3) is 4.04. The average molecular weight is 325 g/mol. The molecule has 0 saturated heterocycles. The Hall–Kier alpha value is -2.56. The minimum atomic E-state index is -0.0691. The topological polar surface area (TPSA) is 63.2 Å². The minimum Gasteiger partial charge on any atom is -0.497 e. The molecule has 1 fully saturated rings. The summed E-state index contributed by atoms with van der Waals surface area (Å²) in [5, 5.41) is 6.35. The molecule has 2 N–H and O–H groups in total. The van der Waals surface area contributed by atoms with Crippen molar-refractivity contribution in [2.45, 2.75) is 38.1 Å². The first-order valence-corrected chi connectivity index (χ1v) is 8.43. The van der Waals surface area contributed by atoms with Crippen molar-refractivity contribution in [3.63, 3.8) is 0 Å². The molecule has 24 heavy (non-hydrogen) atoms. The summed E-state index contributed by atoms with van der Waals surface area (Å²) in [6, 6.07) is 11.4. The molecule has 1 heterocycles. The van der Waals surface area contributed by atoms with Gasteiger partial charge in [0.2, 0.25) is 0 Å². The normalized spacial score (nSPS) is 14.9. The van der Waals surface area contributed by atoms with Gasteiger partial charge in [-0.15, -0.1) is 0 Å². The molecule has 0 spiro atoms. The fraction of sp³-hybridized carbons (Fsp3) is 0.368. The smallest absolute Gasteiger partial charge is 0.255 e. The number of pyridine rings is 1. The van der Waals surface area contributed by atoms with Crippen molar-refractivity contribution in [3.8, 4) is 5.75 Å². The summed E-state index contributed by atoms with van der Waals surface area (Å²) < 4.78 is 5.23. The molecule has 0 radical (unpaired) electrons. The summed E-state index contributed by atoms with van der Waals surface area (Å²) in [4.78, 5) is 17.0. The van der Waals surface area contributed by atoms with Gasteiger partial charge in [0.15, 0.2) is 0 Å². The number of anilines is 2. The zero-order valence-electron chi connectivity index (χ0n) is 13.9. The van der Waals surface area contributed by atoms with Gasteiger partial charge in [0.1, 0.15) is 11.6 Å². The highest BCUT2D eigenvalue weighted by molar-refractivity contribution is 5.99. The van der Waals surface area contributed by atoms with E-state index < -0.39 is 0 Å². The van der Waals surface area contributed by atoms with Gasteiger partial charge in [-0.25, -0.2) is 4.98 Å². The molecule has 5 nitrogen and oxygen atoms in total. The van der Waals surface area contributed by atoms with Crippen LogP contribution >= 0.6 is 0 Å². The van der Waals surface area contributed by atoms with Crippen LogP contribution in [0.1, 0.15) is 42.5 Å². The lowest BCUT2D eigenvalue weighted by Gasteiger charge is -2.23. The Labute approximate surface area is 142 Å². The number of benzene rings is 1. The number of nitrogens with zero attached hydrogens (tertiary/aromatic N) is 1. The lowest BCUT2D eigenvalue weighted by atomic mass is 9.95. The number of hydrogen-bond acceptors (Lipinski definition) is 4. The lowest BCUT2D eigenvalue weighted by Crippen LogP contribution is -2.36. The van der Waals surface area contributed by atoms with E-state index in [2.05, 4.69) is 15.6 Å². The molecule has 1 amide bonds. The Morgan fingerprint density at radius 2 is 2.00 bits per heavy atom. The van der Waals surface area contributed by atoms with Crippen LogP contribution < -0.4 is 15.4 Å². The molecular formula is C19H23N3O2. The van der Waals surface area contributed by atoms with Crippen LogP contribution in [0.3, 0.4) is 0 Å². The van der Waals surface area contributed by atoms with E-state index in [9.17, 15) is 4.79 Å². The van der Waals surface area contributed by atoms with Crippen molar-refractivity contribution >= 4 is 17.4 Å². The fourth-order valence-electron chi connectivity index (χ4n) is 3.04. The Balaban J connectivity index is 1.75. The van der Waals surface area contributed by atoms with Crippen LogP contribution in [0.5, 0.6) is 5.75 Å². The predicted molar refractivity (Wildman–Crippen MR) is 94.9 cm³/mol. The highest BCUT2D eigenvalue weighted by Crippen LogP contribution is 2.23. The molecule has 0 unspecified atom stereocenters. The molecule has 1 aliphatic carbocycles. The van der Waals surface area contributed by atoms with Gasteiger partial charge in [0.05, 0.1) is 12.7 Å². The number of carbonyl (C=O) groups excluding carboxylic acids is 1. The van der Waals surface area contributed by atoms with E-state index in [4.69, 9.17) is 4.74 Å². The lowest BCUT2D eigenvalue weighted by molar-refractivity contribution is 0.0928. The van der Waals surface area contributed by atoms with Gasteiger partial charge in [-0.1, -0.05) is 25.3 Å². The molecule has 2 aromatic rings. The quantitative estimate of drug-likeness (QED) is 0.875. The molecular weight excluding hydrogens is 302 g/mol. The van der Waals surface area contributed by atoms with Crippen LogP contribution in [0.15, 0.2) is 42.6 Å². The molecule has 0 atom stereocenters. The van der Waals surface area contributed by atoms with E-state index in [0.29, 0.717) is 11.4 Å². The largest absolute Gasteiger partial charge is 0.497 e. The Bertz CT molecular complexity index is 697. The molecule has 0 aliphatic heterocycles. The first kappa shape index (κ1) is 16.3. The van der Waals surface area contributed by atoms with Crippen molar-refractivity contribution in [2.24, 2.45) is 0 Å². The second kappa shape index (κ2) is 7.81. The Morgan fingerprint density at radius 1 is 1.17 bits per heavy atom. The van der Waals surface area contributed by atoms with Gasteiger partial charge in [-0.05, 0) is 37.1 Å². The van der Waals surface area contributed by atoms with Gasteiger partial charge in [-0.2, -0.15) is 0 Å². The van der Waals surface area contributed by atoms with Crippen LogP contribution in [0.4, 0.5) is 11.5 Å². The Kier molecular flexibility index (Phi) is 5.31. The van der Waals surface area contributed by atoms with Crippen molar-refractivity contribution in [1.82, 2.24) is 10.3 Å². The number of methoxy groups -OCH3 is 1. The first-order valence-electron chi connectivity index (χ1n) is 8.43. The molecule has 126 valence electrons. The molecule has 1 aliphatic rings. The van der Waals surface area contributed by atoms with Crippen LogP contribution in [0, 0.1) is 0 Å². The highest BCUT2D eigenvalue weighted by atomic mass is 16.5. The van der Waals surface area contributed by atoms with Gasteiger partial charge in [0.25, 0.3) is 5.91 Å². The van der Waals surface area contributed by atoms with E-state index in [0.717, 1.165) is 24.3 Å². The van der Waals surface area contributed by atoms with Crippen LogP contribution in [-0.2, 0) is 0 Å². The zero-order valence-corrected chi connectivity index (χ0v) is 13.9. The van der Waals surface area contributed by atoms with E-state index in [1.807, 2.05) is 24.3 Å². The SMILES string of the molecule is COc1cccc(Nc2ncccc2C(=O)NC2CCCCC2)c1. The second-order valence-electron chi connectivity index (χ2n) is 6.06.